The van der Waals surface area contributed by atoms with Crippen LogP contribution < -0.4 is 15.4 Å². The Bertz CT molecular complexity index is 817. The Morgan fingerprint density at radius 1 is 1.16 bits per heavy atom. The third kappa shape index (κ3) is 5.87. The monoisotopic (exact) mass is 444 g/mol. The smallest absolute Gasteiger partial charge is 0.410 e. The van der Waals surface area contributed by atoms with Gasteiger partial charge >= 0.3 is 6.09 Å². The van der Waals surface area contributed by atoms with Crippen molar-refractivity contribution in [1.82, 2.24) is 15.5 Å². The van der Waals surface area contributed by atoms with Crippen molar-refractivity contribution >= 4 is 12.1 Å². The Morgan fingerprint density at radius 3 is 2.38 bits per heavy atom. The number of amides is 1. The van der Waals surface area contributed by atoms with Crippen LogP contribution in [0, 0.1) is 0 Å². The third-order valence-corrected chi connectivity index (χ3v) is 6.45. The summed E-state index contributed by atoms with van der Waals surface area (Å²) in [6.07, 6.45) is 3.73. The maximum Gasteiger partial charge on any atom is 0.410 e. The predicted molar refractivity (Wildman–Crippen MR) is 128 cm³/mol. The van der Waals surface area contributed by atoms with Gasteiger partial charge in [-0.1, -0.05) is 26.0 Å². The number of nitrogens with zero attached hydrogens (tertiary/aromatic N) is 2. The Hall–Kier alpha value is -2.44. The van der Waals surface area contributed by atoms with Crippen molar-refractivity contribution in [2.75, 3.05) is 20.7 Å². The Labute approximate surface area is 192 Å². The molecule has 0 radical (unpaired) electrons. The highest BCUT2D eigenvalue weighted by Crippen LogP contribution is 2.37. The largest absolute Gasteiger partial charge is 0.497 e. The van der Waals surface area contributed by atoms with Crippen molar-refractivity contribution in [3.63, 3.8) is 0 Å². The van der Waals surface area contributed by atoms with Crippen molar-refractivity contribution in [2.45, 2.75) is 89.4 Å². The molecule has 0 aliphatic carbocycles. The van der Waals surface area contributed by atoms with E-state index in [-0.39, 0.29) is 29.6 Å². The number of hydrogen-bond donors (Lipinski definition) is 2. The fourth-order valence-electron chi connectivity index (χ4n) is 4.75. The summed E-state index contributed by atoms with van der Waals surface area (Å²) in [5.41, 5.74) is 0.654. The lowest BCUT2D eigenvalue weighted by Crippen LogP contribution is -2.55. The van der Waals surface area contributed by atoms with Crippen molar-refractivity contribution in [1.29, 1.82) is 0 Å². The van der Waals surface area contributed by atoms with Gasteiger partial charge in [0.25, 0.3) is 0 Å². The van der Waals surface area contributed by atoms with E-state index in [1.165, 1.54) is 5.56 Å². The summed E-state index contributed by atoms with van der Waals surface area (Å²) in [7, 11) is 3.50. The van der Waals surface area contributed by atoms with Crippen LogP contribution >= 0.6 is 0 Å². The second-order valence-corrected chi connectivity index (χ2v) is 10.6. The van der Waals surface area contributed by atoms with E-state index in [4.69, 9.17) is 9.47 Å². The summed E-state index contributed by atoms with van der Waals surface area (Å²) in [6, 6.07) is 8.95. The van der Waals surface area contributed by atoms with Crippen LogP contribution in [0.1, 0.15) is 65.9 Å². The van der Waals surface area contributed by atoms with Crippen molar-refractivity contribution in [3.8, 4) is 5.75 Å². The summed E-state index contributed by atoms with van der Waals surface area (Å²) in [4.78, 5) is 19.1. The van der Waals surface area contributed by atoms with Crippen molar-refractivity contribution in [2.24, 2.45) is 4.99 Å². The average Bonchev–Trinajstić information content (AvgIpc) is 3.00. The molecule has 3 rings (SSSR count). The van der Waals surface area contributed by atoms with Crippen LogP contribution in [0.15, 0.2) is 29.3 Å². The minimum Gasteiger partial charge on any atom is -0.497 e. The van der Waals surface area contributed by atoms with Crippen molar-refractivity contribution in [3.05, 3.63) is 29.8 Å². The Kier molecular flexibility index (Phi) is 7.25. The van der Waals surface area contributed by atoms with Crippen molar-refractivity contribution < 1.29 is 14.3 Å². The molecule has 2 atom stereocenters. The van der Waals surface area contributed by atoms with Gasteiger partial charge in [0.1, 0.15) is 11.4 Å². The van der Waals surface area contributed by atoms with E-state index < -0.39 is 5.60 Å². The molecular weight excluding hydrogens is 404 g/mol. The minimum absolute atomic E-state index is 0.0920. The maximum absolute atomic E-state index is 12.7. The molecule has 2 aliphatic heterocycles. The standard InChI is InChI=1S/C25H40N4O3/c1-24(2,3)32-23(30)29-19-11-12-20(29)15-18(14-19)28-22(26-6)27-16-25(4,5)17-9-8-10-21(13-17)31-7/h8-10,13,18-20H,11-12,14-16H2,1-7H3,(H2,26,27,28). The molecule has 7 heteroatoms. The zero-order valence-electron chi connectivity index (χ0n) is 20.7. The first-order valence-electron chi connectivity index (χ1n) is 11.7. The highest BCUT2D eigenvalue weighted by atomic mass is 16.6. The number of guanidine groups is 1. The zero-order valence-corrected chi connectivity index (χ0v) is 20.7. The number of nitrogens with one attached hydrogen (secondary N) is 2. The number of ether oxygens (including phenoxy) is 2. The van der Waals surface area contributed by atoms with Crippen LogP contribution in [0.3, 0.4) is 0 Å². The highest BCUT2D eigenvalue weighted by molar-refractivity contribution is 5.80. The molecule has 2 bridgehead atoms. The Balaban J connectivity index is 1.56. The lowest BCUT2D eigenvalue weighted by atomic mass is 9.84. The molecule has 1 amide bonds. The van der Waals surface area contributed by atoms with Gasteiger partial charge in [0.15, 0.2) is 5.96 Å². The average molecular weight is 445 g/mol. The van der Waals surface area contributed by atoms with Gasteiger partial charge in [-0.3, -0.25) is 4.99 Å². The molecular formula is C25H40N4O3. The van der Waals surface area contributed by atoms with E-state index in [0.29, 0.717) is 0 Å². The molecule has 1 aromatic carbocycles. The van der Waals surface area contributed by atoms with Crippen LogP contribution in [0.5, 0.6) is 5.75 Å². The molecule has 0 saturated carbocycles. The summed E-state index contributed by atoms with van der Waals surface area (Å²) in [6.45, 7) is 10.9. The first kappa shape index (κ1) is 24.2. The lowest BCUT2D eigenvalue weighted by molar-refractivity contribution is 0.00544. The predicted octanol–water partition coefficient (Wildman–Crippen LogP) is 4.07. The summed E-state index contributed by atoms with van der Waals surface area (Å²) in [5, 5.41) is 7.10. The normalized spacial score (nSPS) is 23.7. The number of carbonyl (C=O) groups excluding carboxylic acids is 1. The number of piperidine rings is 1. The van der Waals surface area contributed by atoms with Gasteiger partial charge in [-0.15, -0.1) is 0 Å². The van der Waals surface area contributed by atoms with Crippen LogP contribution in [0.25, 0.3) is 0 Å². The second kappa shape index (κ2) is 9.59. The van der Waals surface area contributed by atoms with Gasteiger partial charge < -0.3 is 25.0 Å². The quantitative estimate of drug-likeness (QED) is 0.529. The molecule has 2 saturated heterocycles. The third-order valence-electron chi connectivity index (χ3n) is 6.45. The fourth-order valence-corrected chi connectivity index (χ4v) is 4.75. The molecule has 7 nitrogen and oxygen atoms in total. The minimum atomic E-state index is -0.465. The number of hydrogen-bond acceptors (Lipinski definition) is 4. The molecule has 1 aromatic rings. The summed E-state index contributed by atoms with van der Waals surface area (Å²) >= 11 is 0. The van der Waals surface area contributed by atoms with Gasteiger partial charge in [-0.25, -0.2) is 4.79 Å². The summed E-state index contributed by atoms with van der Waals surface area (Å²) < 4.78 is 11.0. The van der Waals surface area contributed by atoms with Crippen LogP contribution in [0.2, 0.25) is 0 Å². The molecule has 0 aromatic heterocycles. The second-order valence-electron chi connectivity index (χ2n) is 10.6. The van der Waals surface area contributed by atoms with Crippen LogP contribution in [-0.2, 0) is 10.2 Å². The summed E-state index contributed by atoms with van der Waals surface area (Å²) in [5.74, 6) is 1.67. The molecule has 2 fully saturated rings. The van der Waals surface area contributed by atoms with E-state index >= 15 is 0 Å². The Morgan fingerprint density at radius 2 is 1.81 bits per heavy atom. The van der Waals surface area contributed by atoms with Crippen LogP contribution in [-0.4, -0.2) is 61.4 Å². The molecule has 2 aliphatic rings. The molecule has 2 unspecified atom stereocenters. The van der Waals surface area contributed by atoms with E-state index in [9.17, 15) is 4.79 Å². The lowest BCUT2D eigenvalue weighted by Gasteiger charge is -2.40. The molecule has 2 heterocycles. The molecule has 178 valence electrons. The molecule has 2 N–H and O–H groups in total. The number of aliphatic imine (C=N–C) groups is 1. The van der Waals surface area contributed by atoms with Gasteiger partial charge in [0.2, 0.25) is 0 Å². The number of rotatable bonds is 5. The maximum atomic E-state index is 12.7. The first-order valence-corrected chi connectivity index (χ1v) is 11.7. The number of carbonyl (C=O) groups is 1. The fraction of sp³-hybridized carbons (Fsp3) is 0.680. The first-order chi connectivity index (χ1) is 15.0. The zero-order chi connectivity index (χ0) is 23.5. The molecule has 0 spiro atoms. The van der Waals surface area contributed by atoms with Gasteiger partial charge in [-0.2, -0.15) is 0 Å². The number of benzene rings is 1. The number of methoxy groups -OCH3 is 1. The van der Waals surface area contributed by atoms with Gasteiger partial charge in [-0.05, 0) is 64.2 Å². The topological polar surface area (TPSA) is 75.2 Å². The van der Waals surface area contributed by atoms with E-state index in [2.05, 4.69) is 41.6 Å². The van der Waals surface area contributed by atoms with Crippen LogP contribution in [0.4, 0.5) is 4.79 Å². The van der Waals surface area contributed by atoms with E-state index in [1.54, 1.807) is 14.2 Å². The van der Waals surface area contributed by atoms with E-state index in [1.807, 2.05) is 37.8 Å². The molecule has 32 heavy (non-hydrogen) atoms. The van der Waals surface area contributed by atoms with Gasteiger partial charge in [0, 0.05) is 37.1 Å². The highest BCUT2D eigenvalue weighted by Gasteiger charge is 2.45. The SMILES string of the molecule is CN=C(NCC(C)(C)c1cccc(OC)c1)NC1CC2CCC(C1)N2C(=O)OC(C)(C)C. The van der Waals surface area contributed by atoms with Gasteiger partial charge in [0.05, 0.1) is 7.11 Å². The number of fused-ring (bicyclic) bond motifs is 2. The van der Waals surface area contributed by atoms with E-state index in [0.717, 1.165) is 43.9 Å².